The summed E-state index contributed by atoms with van der Waals surface area (Å²) in [6.45, 7) is 11.8. The molecule has 0 heteroatoms. The number of hydrogen-bond donors (Lipinski definition) is 0. The van der Waals surface area contributed by atoms with Crippen molar-refractivity contribution in [3.05, 3.63) is 83.0 Å². The Bertz CT molecular complexity index is 839. The van der Waals surface area contributed by atoms with Gasteiger partial charge in [-0.25, -0.2) is 0 Å². The van der Waals surface area contributed by atoms with Crippen LogP contribution in [0.15, 0.2) is 71.8 Å². The van der Waals surface area contributed by atoms with E-state index in [9.17, 15) is 0 Å². The van der Waals surface area contributed by atoms with E-state index in [0.717, 1.165) is 6.42 Å². The zero-order chi connectivity index (χ0) is 17.8. The third-order valence-electron chi connectivity index (χ3n) is 6.12. The van der Waals surface area contributed by atoms with Crippen molar-refractivity contribution in [3.8, 4) is 11.1 Å². The highest BCUT2D eigenvalue weighted by Gasteiger charge is 2.41. The van der Waals surface area contributed by atoms with Crippen LogP contribution < -0.4 is 0 Å². The molecule has 0 amide bonds. The van der Waals surface area contributed by atoms with Crippen LogP contribution in [0, 0.1) is 10.8 Å². The maximum atomic E-state index is 2.48. The van der Waals surface area contributed by atoms with Crippen LogP contribution in [0.5, 0.6) is 0 Å². The molecule has 0 fully saturated rings. The molecule has 2 aliphatic carbocycles. The van der Waals surface area contributed by atoms with E-state index in [1.54, 1.807) is 5.57 Å². The van der Waals surface area contributed by atoms with Gasteiger partial charge in [-0.05, 0) is 45.1 Å². The zero-order valence-electron chi connectivity index (χ0n) is 16.1. The molecular weight excluding hydrogens is 300 g/mol. The molecule has 0 unspecified atom stereocenters. The average molecular weight is 328 g/mol. The van der Waals surface area contributed by atoms with Gasteiger partial charge in [0.05, 0.1) is 0 Å². The van der Waals surface area contributed by atoms with Crippen molar-refractivity contribution >= 4 is 0 Å². The maximum Gasteiger partial charge on any atom is 0.0190 e. The number of hydrogen-bond acceptors (Lipinski definition) is 0. The summed E-state index contributed by atoms with van der Waals surface area (Å²) in [5, 5.41) is 0. The van der Waals surface area contributed by atoms with Crippen LogP contribution >= 0.6 is 0 Å². The van der Waals surface area contributed by atoms with Gasteiger partial charge in [0, 0.05) is 5.92 Å². The molecule has 4 rings (SSSR count). The fourth-order valence-corrected chi connectivity index (χ4v) is 4.62. The fraction of sp³-hybridized carbons (Fsp3) is 0.360. The Morgan fingerprint density at radius 3 is 1.76 bits per heavy atom. The van der Waals surface area contributed by atoms with Gasteiger partial charge in [-0.15, -0.1) is 0 Å². The van der Waals surface area contributed by atoms with E-state index >= 15 is 0 Å². The van der Waals surface area contributed by atoms with Crippen LogP contribution in [0.25, 0.3) is 11.1 Å². The van der Waals surface area contributed by atoms with Crippen LogP contribution in [-0.2, 0) is 0 Å². The third kappa shape index (κ3) is 2.51. The number of benzene rings is 2. The molecule has 2 aliphatic rings. The van der Waals surface area contributed by atoms with Gasteiger partial charge >= 0.3 is 0 Å². The van der Waals surface area contributed by atoms with E-state index in [4.69, 9.17) is 0 Å². The molecule has 0 radical (unpaired) electrons. The van der Waals surface area contributed by atoms with Gasteiger partial charge in [-0.2, -0.15) is 0 Å². The van der Waals surface area contributed by atoms with Gasteiger partial charge in [0.1, 0.15) is 0 Å². The molecule has 0 aromatic heterocycles. The minimum atomic E-state index is 0.103. The van der Waals surface area contributed by atoms with Crippen LogP contribution in [0.3, 0.4) is 0 Å². The van der Waals surface area contributed by atoms with Crippen molar-refractivity contribution in [2.45, 2.75) is 47.0 Å². The Balaban J connectivity index is 1.82. The SMILES string of the molecule is CC(C)(C)C1=CCC(C(C)(C)C2c3ccccc3-c3ccccc32)=C1. The molecule has 0 spiro atoms. The number of fused-ring (bicyclic) bond motifs is 3. The standard InChI is InChI=1S/C25H28/c1-24(2,3)17-14-15-18(16-17)25(4,5)23-21-12-8-6-10-19(21)20-11-7-9-13-22(20)23/h6-14,16,23H,15H2,1-5H3. The van der Waals surface area contributed by atoms with Crippen molar-refractivity contribution in [1.82, 2.24) is 0 Å². The highest BCUT2D eigenvalue weighted by Crippen LogP contribution is 2.56. The monoisotopic (exact) mass is 328 g/mol. The number of allylic oxidation sites excluding steroid dienone is 4. The first-order valence-electron chi connectivity index (χ1n) is 9.40. The molecule has 0 aliphatic heterocycles. The zero-order valence-corrected chi connectivity index (χ0v) is 16.1. The summed E-state index contributed by atoms with van der Waals surface area (Å²) >= 11 is 0. The van der Waals surface area contributed by atoms with Gasteiger partial charge in [0.25, 0.3) is 0 Å². The topological polar surface area (TPSA) is 0 Å². The normalized spacial score (nSPS) is 17.2. The lowest BCUT2D eigenvalue weighted by Crippen LogP contribution is -2.24. The van der Waals surface area contributed by atoms with Gasteiger partial charge < -0.3 is 0 Å². The van der Waals surface area contributed by atoms with Gasteiger partial charge in [-0.3, -0.25) is 0 Å². The van der Waals surface area contributed by atoms with Gasteiger partial charge in [-0.1, -0.05) is 101 Å². The molecule has 0 nitrogen and oxygen atoms in total. The molecule has 0 saturated carbocycles. The van der Waals surface area contributed by atoms with Crippen molar-refractivity contribution in [2.75, 3.05) is 0 Å². The van der Waals surface area contributed by atoms with Crippen LogP contribution in [-0.4, -0.2) is 0 Å². The Labute approximate surface area is 152 Å². The summed E-state index contributed by atoms with van der Waals surface area (Å²) in [7, 11) is 0. The fourth-order valence-electron chi connectivity index (χ4n) is 4.62. The van der Waals surface area contributed by atoms with Crippen molar-refractivity contribution < 1.29 is 0 Å². The third-order valence-corrected chi connectivity index (χ3v) is 6.12. The van der Waals surface area contributed by atoms with Crippen molar-refractivity contribution in [1.29, 1.82) is 0 Å². The predicted molar refractivity (Wildman–Crippen MR) is 108 cm³/mol. The Morgan fingerprint density at radius 1 is 0.760 bits per heavy atom. The lowest BCUT2D eigenvalue weighted by atomic mass is 9.68. The van der Waals surface area contributed by atoms with Gasteiger partial charge in [0.2, 0.25) is 0 Å². The summed E-state index contributed by atoms with van der Waals surface area (Å²) in [6.07, 6.45) is 5.99. The van der Waals surface area contributed by atoms with Crippen LogP contribution in [0.4, 0.5) is 0 Å². The largest absolute Gasteiger partial charge is 0.0767 e. The van der Waals surface area contributed by atoms with Crippen LogP contribution in [0.2, 0.25) is 0 Å². The maximum absolute atomic E-state index is 2.48. The molecule has 25 heavy (non-hydrogen) atoms. The van der Waals surface area contributed by atoms with E-state index in [1.807, 2.05) is 0 Å². The molecule has 2 aromatic carbocycles. The lowest BCUT2D eigenvalue weighted by molar-refractivity contribution is 0.388. The van der Waals surface area contributed by atoms with E-state index in [-0.39, 0.29) is 10.8 Å². The molecule has 0 heterocycles. The van der Waals surface area contributed by atoms with E-state index in [0.29, 0.717) is 5.92 Å². The molecule has 128 valence electrons. The molecule has 0 atom stereocenters. The minimum Gasteiger partial charge on any atom is -0.0767 e. The highest BCUT2D eigenvalue weighted by molar-refractivity contribution is 5.79. The van der Waals surface area contributed by atoms with E-state index in [1.165, 1.54) is 27.8 Å². The summed E-state index contributed by atoms with van der Waals surface area (Å²) in [5.74, 6) is 0.430. The molecule has 2 aromatic rings. The van der Waals surface area contributed by atoms with Crippen LogP contribution in [0.1, 0.15) is 58.1 Å². The summed E-state index contributed by atoms with van der Waals surface area (Å²) < 4.78 is 0. The van der Waals surface area contributed by atoms with E-state index in [2.05, 4.69) is 95.3 Å². The quantitative estimate of drug-likeness (QED) is 0.550. The first-order chi connectivity index (χ1) is 11.8. The van der Waals surface area contributed by atoms with Crippen molar-refractivity contribution in [3.63, 3.8) is 0 Å². The predicted octanol–water partition coefficient (Wildman–Crippen LogP) is 7.13. The van der Waals surface area contributed by atoms with Crippen molar-refractivity contribution in [2.24, 2.45) is 10.8 Å². The Hall–Kier alpha value is -2.08. The first-order valence-corrected chi connectivity index (χ1v) is 9.40. The average Bonchev–Trinajstić information content (AvgIpc) is 3.18. The summed E-state index contributed by atoms with van der Waals surface area (Å²) in [4.78, 5) is 0. The molecule has 0 N–H and O–H groups in total. The van der Waals surface area contributed by atoms with Gasteiger partial charge in [0.15, 0.2) is 0 Å². The highest BCUT2D eigenvalue weighted by atomic mass is 14.4. The van der Waals surface area contributed by atoms with E-state index < -0.39 is 0 Å². The summed E-state index contributed by atoms with van der Waals surface area (Å²) in [5.41, 5.74) is 9.18. The molecule has 0 saturated heterocycles. The Morgan fingerprint density at radius 2 is 1.28 bits per heavy atom. The lowest BCUT2D eigenvalue weighted by Gasteiger charge is -2.35. The molecular formula is C25H28. The smallest absolute Gasteiger partial charge is 0.0190 e. The second kappa shape index (κ2) is 5.46. The second-order valence-corrected chi connectivity index (χ2v) is 9.11. The number of rotatable bonds is 2. The summed E-state index contributed by atoms with van der Waals surface area (Å²) in [6, 6.07) is 17.9. The minimum absolute atomic E-state index is 0.103. The Kier molecular flexibility index (Phi) is 3.58. The second-order valence-electron chi connectivity index (χ2n) is 9.11. The molecule has 0 bridgehead atoms. The first kappa shape index (κ1) is 16.4.